The molecule has 0 aromatic heterocycles. The van der Waals surface area contributed by atoms with Crippen LogP contribution in [-0.4, -0.2) is 56.2 Å². The fourth-order valence-electron chi connectivity index (χ4n) is 0.590. The van der Waals surface area contributed by atoms with Crippen molar-refractivity contribution in [3.05, 3.63) is 0 Å². The van der Waals surface area contributed by atoms with Crippen LogP contribution in [0.25, 0.3) is 0 Å². The van der Waals surface area contributed by atoms with Gasteiger partial charge in [0.2, 0.25) is 0 Å². The first-order valence-electron chi connectivity index (χ1n) is 6.09. The topological polar surface area (TPSA) is 119 Å². The second-order valence-electron chi connectivity index (χ2n) is 4.39. The van der Waals surface area contributed by atoms with Gasteiger partial charge in [-0.3, -0.25) is 14.4 Å². The summed E-state index contributed by atoms with van der Waals surface area (Å²) in [7, 11) is -1.22. The third kappa shape index (κ3) is 45.7. The average Bonchev–Trinajstić information content (AvgIpc) is 2.24. The minimum absolute atomic E-state index is 0.0926. The summed E-state index contributed by atoms with van der Waals surface area (Å²) in [6, 6.07) is 0. The molecule has 9 heteroatoms. The second kappa shape index (κ2) is 13.5. The smallest absolute Gasteiger partial charge is 0.392 e. The summed E-state index contributed by atoms with van der Waals surface area (Å²) in [5, 5.41) is 8.52. The van der Waals surface area contributed by atoms with Gasteiger partial charge in [0.1, 0.15) is 6.61 Å². The lowest BCUT2D eigenvalue weighted by atomic mass is 10.4. The Labute approximate surface area is 126 Å². The third-order valence-corrected chi connectivity index (χ3v) is 2.00. The number of carbonyl (C=O) groups is 3. The molecule has 0 aliphatic rings. The van der Waals surface area contributed by atoms with Crippen molar-refractivity contribution in [2.24, 2.45) is 0 Å². The van der Waals surface area contributed by atoms with Crippen molar-refractivity contribution in [2.75, 3.05) is 13.7 Å². The number of esters is 2. The number of methoxy groups -OCH3 is 1. The number of carbonyl (C=O) groups excluding carboxylic acids is 3. The predicted octanol–water partition coefficient (Wildman–Crippen LogP) is 0.353. The molecule has 2 N–H and O–H groups in total. The zero-order chi connectivity index (χ0) is 17.6. The first-order chi connectivity index (χ1) is 9.31. The van der Waals surface area contributed by atoms with E-state index >= 15 is 0 Å². The van der Waals surface area contributed by atoms with Gasteiger partial charge in [-0.05, 0) is 20.0 Å². The van der Waals surface area contributed by atoms with Gasteiger partial charge in [0, 0.05) is 20.8 Å². The SMILES string of the molecule is CC(=O)OCC(C)O.CC(=O)O[Si](C)(C)O.COC(C)=O. The highest BCUT2D eigenvalue weighted by atomic mass is 28.4. The molecule has 0 fully saturated rings. The van der Waals surface area contributed by atoms with E-state index in [1.807, 2.05) is 0 Å². The van der Waals surface area contributed by atoms with Gasteiger partial charge >= 0.3 is 20.5 Å². The van der Waals surface area contributed by atoms with Crippen LogP contribution in [0.2, 0.25) is 13.1 Å². The number of hydrogen-bond acceptors (Lipinski definition) is 8. The molecule has 1 atom stereocenters. The van der Waals surface area contributed by atoms with Crippen molar-refractivity contribution in [3.8, 4) is 0 Å². The standard InChI is InChI=1S/C5H10O3.C4H10O3Si.C3H6O2/c1-4(6)3-8-5(2)7;1-4(5)7-8(2,3)6;1-3(4)5-2/h4,6H,3H2,1-2H3;6H,1-3H3;1-2H3. The molecule has 0 heterocycles. The zero-order valence-corrected chi connectivity index (χ0v) is 14.6. The Hall–Kier alpha value is -1.45. The van der Waals surface area contributed by atoms with Crippen molar-refractivity contribution in [1.82, 2.24) is 0 Å². The van der Waals surface area contributed by atoms with Crippen LogP contribution in [-0.2, 0) is 28.3 Å². The van der Waals surface area contributed by atoms with Crippen LogP contribution in [0, 0.1) is 0 Å². The lowest BCUT2D eigenvalue weighted by Gasteiger charge is -2.11. The molecule has 126 valence electrons. The molecule has 21 heavy (non-hydrogen) atoms. The second-order valence-corrected chi connectivity index (χ2v) is 7.49. The van der Waals surface area contributed by atoms with Crippen molar-refractivity contribution >= 4 is 26.5 Å². The summed E-state index contributed by atoms with van der Waals surface area (Å²) in [6.07, 6.45) is -0.557. The molecule has 0 aliphatic heterocycles. The lowest BCUT2D eigenvalue weighted by Crippen LogP contribution is -2.31. The van der Waals surface area contributed by atoms with E-state index in [1.165, 1.54) is 41.0 Å². The van der Waals surface area contributed by atoms with Gasteiger partial charge < -0.3 is 23.8 Å². The third-order valence-electron chi connectivity index (χ3n) is 1.21. The number of aliphatic hydroxyl groups is 1. The van der Waals surface area contributed by atoms with Gasteiger partial charge in [-0.15, -0.1) is 0 Å². The Kier molecular flexibility index (Phi) is 15.8. The Bertz CT molecular complexity index is 309. The maximum atomic E-state index is 10.1. The normalized spacial score (nSPS) is 10.7. The highest BCUT2D eigenvalue weighted by Gasteiger charge is 2.21. The molecule has 0 rings (SSSR count). The number of rotatable bonds is 3. The highest BCUT2D eigenvalue weighted by molar-refractivity contribution is 6.64. The quantitative estimate of drug-likeness (QED) is 0.563. The molecule has 0 bridgehead atoms. The number of ether oxygens (including phenoxy) is 2. The number of hydrogen-bond donors (Lipinski definition) is 2. The molecule has 0 aromatic carbocycles. The Morgan fingerprint density at radius 2 is 1.43 bits per heavy atom. The monoisotopic (exact) mass is 326 g/mol. The van der Waals surface area contributed by atoms with E-state index in [-0.39, 0.29) is 18.5 Å². The highest BCUT2D eigenvalue weighted by Crippen LogP contribution is 1.96. The van der Waals surface area contributed by atoms with Crippen molar-refractivity contribution in [3.63, 3.8) is 0 Å². The summed E-state index contributed by atoms with van der Waals surface area (Å²) >= 11 is 0. The van der Waals surface area contributed by atoms with Crippen LogP contribution < -0.4 is 0 Å². The van der Waals surface area contributed by atoms with Gasteiger partial charge in [0.15, 0.2) is 0 Å². The summed E-state index contributed by atoms with van der Waals surface area (Å²) in [4.78, 5) is 38.6. The molecule has 8 nitrogen and oxygen atoms in total. The molecular formula is C12H26O8Si. The van der Waals surface area contributed by atoms with Crippen LogP contribution in [0.4, 0.5) is 0 Å². The maximum Gasteiger partial charge on any atom is 0.392 e. The zero-order valence-electron chi connectivity index (χ0n) is 13.6. The first-order valence-corrected chi connectivity index (χ1v) is 8.95. The van der Waals surface area contributed by atoms with Gasteiger partial charge in [0.05, 0.1) is 13.2 Å². The minimum atomic E-state index is -2.57. The molecular weight excluding hydrogens is 300 g/mol. The Morgan fingerprint density at radius 1 is 1.05 bits per heavy atom. The van der Waals surface area contributed by atoms with Gasteiger partial charge in [-0.2, -0.15) is 0 Å². The molecule has 0 saturated heterocycles. The Balaban J connectivity index is -0.000000239. The molecule has 0 radical (unpaired) electrons. The summed E-state index contributed by atoms with van der Waals surface area (Å²) < 4.78 is 13.0. The number of aliphatic hydroxyl groups excluding tert-OH is 1. The van der Waals surface area contributed by atoms with E-state index in [0.29, 0.717) is 0 Å². The molecule has 0 amide bonds. The van der Waals surface area contributed by atoms with E-state index in [1.54, 1.807) is 6.92 Å². The molecule has 0 aromatic rings. The van der Waals surface area contributed by atoms with Gasteiger partial charge in [-0.1, -0.05) is 0 Å². The van der Waals surface area contributed by atoms with Crippen molar-refractivity contribution < 1.29 is 38.2 Å². The largest absolute Gasteiger partial charge is 0.495 e. The van der Waals surface area contributed by atoms with Crippen LogP contribution in [0.3, 0.4) is 0 Å². The van der Waals surface area contributed by atoms with Crippen molar-refractivity contribution in [2.45, 2.75) is 46.9 Å². The summed E-state index contributed by atoms with van der Waals surface area (Å²) in [5.41, 5.74) is 0. The van der Waals surface area contributed by atoms with E-state index < -0.39 is 20.6 Å². The Morgan fingerprint density at radius 3 is 1.48 bits per heavy atom. The van der Waals surface area contributed by atoms with E-state index in [0.717, 1.165) is 0 Å². The van der Waals surface area contributed by atoms with Crippen LogP contribution >= 0.6 is 0 Å². The maximum absolute atomic E-state index is 10.1. The first kappa shape index (κ1) is 24.6. The molecule has 0 aliphatic carbocycles. The fourth-order valence-corrected chi connectivity index (χ4v) is 1.29. The summed E-state index contributed by atoms with van der Waals surface area (Å²) in [5.74, 6) is -1.01. The van der Waals surface area contributed by atoms with Gasteiger partial charge in [-0.25, -0.2) is 0 Å². The molecule has 0 spiro atoms. The minimum Gasteiger partial charge on any atom is -0.495 e. The van der Waals surface area contributed by atoms with Crippen LogP contribution in [0.15, 0.2) is 0 Å². The summed E-state index contributed by atoms with van der Waals surface area (Å²) in [6.45, 7) is 8.68. The lowest BCUT2D eigenvalue weighted by molar-refractivity contribution is -0.143. The van der Waals surface area contributed by atoms with Gasteiger partial charge in [0.25, 0.3) is 5.97 Å². The van der Waals surface area contributed by atoms with E-state index in [2.05, 4.69) is 13.9 Å². The fraction of sp³-hybridized carbons (Fsp3) is 0.750. The molecule has 1 unspecified atom stereocenters. The van der Waals surface area contributed by atoms with Crippen LogP contribution in [0.5, 0.6) is 0 Å². The predicted molar refractivity (Wildman–Crippen MR) is 77.5 cm³/mol. The average molecular weight is 326 g/mol. The molecule has 0 saturated carbocycles. The van der Waals surface area contributed by atoms with Crippen LogP contribution in [0.1, 0.15) is 27.7 Å². The van der Waals surface area contributed by atoms with Crippen molar-refractivity contribution in [1.29, 1.82) is 0 Å². The van der Waals surface area contributed by atoms with E-state index in [9.17, 15) is 14.4 Å². The van der Waals surface area contributed by atoms with E-state index in [4.69, 9.17) is 9.90 Å².